The van der Waals surface area contributed by atoms with Crippen LogP contribution in [0.2, 0.25) is 5.02 Å². The highest BCUT2D eigenvalue weighted by Gasteiger charge is 2.22. The van der Waals surface area contributed by atoms with Gasteiger partial charge >= 0.3 is 0 Å². The summed E-state index contributed by atoms with van der Waals surface area (Å²) in [4.78, 5) is -0.117. The molecule has 2 aromatic carbocycles. The van der Waals surface area contributed by atoms with Gasteiger partial charge in [-0.05, 0) is 43.2 Å². The Morgan fingerprint density at radius 1 is 1.07 bits per heavy atom. The molecular formula is C19H18ClFN4O2S. The van der Waals surface area contributed by atoms with Crippen molar-refractivity contribution in [3.05, 3.63) is 59.1 Å². The highest BCUT2D eigenvalue weighted by Crippen LogP contribution is 2.31. The van der Waals surface area contributed by atoms with Crippen LogP contribution in [0, 0.1) is 5.82 Å². The number of aromatic nitrogens is 3. The lowest BCUT2D eigenvalue weighted by Crippen LogP contribution is -2.14. The number of nitrogens with one attached hydrogen (secondary N) is 1. The smallest absolute Gasteiger partial charge is 0.261 e. The van der Waals surface area contributed by atoms with Crippen molar-refractivity contribution in [3.63, 3.8) is 0 Å². The second-order valence-corrected chi connectivity index (χ2v) is 8.72. The van der Waals surface area contributed by atoms with Crippen molar-refractivity contribution in [2.75, 3.05) is 4.72 Å². The van der Waals surface area contributed by atoms with Crippen molar-refractivity contribution in [2.45, 2.75) is 37.1 Å². The second kappa shape index (κ2) is 7.52. The molecule has 2 heterocycles. The molecule has 0 aliphatic carbocycles. The zero-order chi connectivity index (χ0) is 19.7. The van der Waals surface area contributed by atoms with E-state index in [0.29, 0.717) is 17.1 Å². The number of nitrogens with zero attached hydrogens (tertiary/aromatic N) is 3. The van der Waals surface area contributed by atoms with Gasteiger partial charge in [0.2, 0.25) is 0 Å². The van der Waals surface area contributed by atoms with Gasteiger partial charge in [0.1, 0.15) is 11.6 Å². The molecule has 28 heavy (non-hydrogen) atoms. The van der Waals surface area contributed by atoms with E-state index in [4.69, 9.17) is 11.6 Å². The van der Waals surface area contributed by atoms with Gasteiger partial charge in [0, 0.05) is 18.5 Å². The van der Waals surface area contributed by atoms with Gasteiger partial charge < -0.3 is 4.57 Å². The van der Waals surface area contributed by atoms with E-state index in [1.54, 1.807) is 18.2 Å². The number of rotatable bonds is 4. The minimum Gasteiger partial charge on any atom is -0.311 e. The van der Waals surface area contributed by atoms with Gasteiger partial charge in [0.05, 0.1) is 15.6 Å². The number of aryl methyl sites for hydroxylation is 1. The molecule has 0 amide bonds. The van der Waals surface area contributed by atoms with Gasteiger partial charge in [-0.1, -0.05) is 30.2 Å². The van der Waals surface area contributed by atoms with Crippen molar-refractivity contribution < 1.29 is 12.8 Å². The minimum atomic E-state index is -3.95. The third-order valence-corrected chi connectivity index (χ3v) is 6.38. The zero-order valence-electron chi connectivity index (χ0n) is 14.9. The normalized spacial score (nSPS) is 14.4. The Bertz CT molecular complexity index is 1130. The summed E-state index contributed by atoms with van der Waals surface area (Å²) < 4.78 is 43.6. The maximum Gasteiger partial charge on any atom is 0.261 e. The number of para-hydroxylation sites is 1. The summed E-state index contributed by atoms with van der Waals surface area (Å²) in [6.45, 7) is 0.798. The standard InChI is InChI=1S/C19H18ClFN4O2S/c20-15-12-13(9-10-16(15)21)28(26,27)24-17-7-4-3-6-14(17)19-23-22-18-8-2-1-5-11-25(18)19/h3-4,6-7,9-10,12,24H,1-2,5,8,11H2. The fourth-order valence-electron chi connectivity index (χ4n) is 3.30. The Kier molecular flexibility index (Phi) is 5.07. The zero-order valence-corrected chi connectivity index (χ0v) is 16.5. The molecule has 0 atom stereocenters. The molecule has 1 aliphatic heterocycles. The third-order valence-electron chi connectivity index (χ3n) is 4.72. The molecule has 0 radical (unpaired) electrons. The number of halogens is 2. The summed E-state index contributed by atoms with van der Waals surface area (Å²) in [6, 6.07) is 10.3. The van der Waals surface area contributed by atoms with Crippen LogP contribution in [0.25, 0.3) is 11.4 Å². The molecule has 9 heteroatoms. The van der Waals surface area contributed by atoms with E-state index in [1.165, 1.54) is 6.07 Å². The largest absolute Gasteiger partial charge is 0.311 e. The van der Waals surface area contributed by atoms with Gasteiger partial charge in [0.15, 0.2) is 5.82 Å². The lowest BCUT2D eigenvalue weighted by molar-refractivity contribution is 0.599. The average molecular weight is 421 g/mol. The molecule has 0 spiro atoms. The Morgan fingerprint density at radius 2 is 1.89 bits per heavy atom. The number of fused-ring (bicyclic) bond motifs is 1. The number of hydrogen-bond donors (Lipinski definition) is 1. The van der Waals surface area contributed by atoms with Crippen LogP contribution in [0.1, 0.15) is 25.1 Å². The van der Waals surface area contributed by atoms with Crippen LogP contribution < -0.4 is 4.72 Å². The van der Waals surface area contributed by atoms with Crippen LogP contribution >= 0.6 is 11.6 Å². The fraction of sp³-hybridized carbons (Fsp3) is 0.263. The maximum atomic E-state index is 13.4. The van der Waals surface area contributed by atoms with Crippen molar-refractivity contribution in [1.82, 2.24) is 14.8 Å². The van der Waals surface area contributed by atoms with E-state index in [2.05, 4.69) is 19.5 Å². The van der Waals surface area contributed by atoms with E-state index in [9.17, 15) is 12.8 Å². The molecule has 3 aromatic rings. The lowest BCUT2D eigenvalue weighted by atomic mass is 10.1. The molecular weight excluding hydrogens is 403 g/mol. The lowest BCUT2D eigenvalue weighted by Gasteiger charge is -2.14. The topological polar surface area (TPSA) is 76.9 Å². The van der Waals surface area contributed by atoms with Crippen molar-refractivity contribution >= 4 is 27.3 Å². The number of sulfonamides is 1. The molecule has 0 unspecified atom stereocenters. The molecule has 0 saturated heterocycles. The Balaban J connectivity index is 1.73. The first-order valence-corrected chi connectivity index (χ1v) is 10.8. The van der Waals surface area contributed by atoms with E-state index in [1.807, 2.05) is 6.07 Å². The molecule has 4 rings (SSSR count). The molecule has 146 valence electrons. The van der Waals surface area contributed by atoms with Gasteiger partial charge in [-0.15, -0.1) is 10.2 Å². The summed E-state index contributed by atoms with van der Waals surface area (Å²) in [5.74, 6) is 0.870. The first-order chi connectivity index (χ1) is 13.5. The molecule has 1 aromatic heterocycles. The molecule has 0 bridgehead atoms. The van der Waals surface area contributed by atoms with E-state index in [0.717, 1.165) is 50.2 Å². The summed E-state index contributed by atoms with van der Waals surface area (Å²) >= 11 is 5.74. The Labute approximate surface area is 167 Å². The maximum absolute atomic E-state index is 13.4. The average Bonchev–Trinajstić information content (AvgIpc) is 2.92. The van der Waals surface area contributed by atoms with Gasteiger partial charge in [-0.25, -0.2) is 12.8 Å². The fourth-order valence-corrected chi connectivity index (χ4v) is 4.65. The van der Waals surface area contributed by atoms with Crippen LogP contribution in [-0.4, -0.2) is 23.2 Å². The van der Waals surface area contributed by atoms with E-state index >= 15 is 0 Å². The Morgan fingerprint density at radius 3 is 2.71 bits per heavy atom. The minimum absolute atomic E-state index is 0.117. The SMILES string of the molecule is O=S(=O)(Nc1ccccc1-c1nnc2n1CCCCC2)c1ccc(F)c(Cl)c1. The number of benzene rings is 2. The van der Waals surface area contributed by atoms with Crippen molar-refractivity contribution in [3.8, 4) is 11.4 Å². The van der Waals surface area contributed by atoms with Crippen LogP contribution in [0.4, 0.5) is 10.1 Å². The van der Waals surface area contributed by atoms with Crippen LogP contribution in [0.3, 0.4) is 0 Å². The monoisotopic (exact) mass is 420 g/mol. The predicted molar refractivity (Wildman–Crippen MR) is 105 cm³/mol. The predicted octanol–water partition coefficient (Wildman–Crippen LogP) is 4.26. The van der Waals surface area contributed by atoms with Crippen molar-refractivity contribution in [1.29, 1.82) is 0 Å². The van der Waals surface area contributed by atoms with Crippen LogP contribution in [0.15, 0.2) is 47.4 Å². The molecule has 0 saturated carbocycles. The van der Waals surface area contributed by atoms with Crippen LogP contribution in [0.5, 0.6) is 0 Å². The third kappa shape index (κ3) is 3.62. The molecule has 0 fully saturated rings. The number of hydrogen-bond acceptors (Lipinski definition) is 4. The first-order valence-electron chi connectivity index (χ1n) is 8.95. The summed E-state index contributed by atoms with van der Waals surface area (Å²) in [7, 11) is -3.95. The van der Waals surface area contributed by atoms with Crippen LogP contribution in [-0.2, 0) is 23.0 Å². The van der Waals surface area contributed by atoms with Gasteiger partial charge in [-0.2, -0.15) is 0 Å². The highest BCUT2D eigenvalue weighted by atomic mass is 35.5. The quantitative estimate of drug-likeness (QED) is 0.684. The van der Waals surface area contributed by atoms with Crippen molar-refractivity contribution in [2.24, 2.45) is 0 Å². The van der Waals surface area contributed by atoms with Gasteiger partial charge in [-0.3, -0.25) is 4.72 Å². The number of anilines is 1. The van der Waals surface area contributed by atoms with Gasteiger partial charge in [0.25, 0.3) is 10.0 Å². The highest BCUT2D eigenvalue weighted by molar-refractivity contribution is 7.92. The van der Waals surface area contributed by atoms with E-state index in [-0.39, 0.29) is 9.92 Å². The molecule has 1 aliphatic rings. The first kappa shape index (κ1) is 18.9. The van der Waals surface area contributed by atoms with E-state index < -0.39 is 15.8 Å². The second-order valence-electron chi connectivity index (χ2n) is 6.63. The Hall–Kier alpha value is -2.45. The summed E-state index contributed by atoms with van der Waals surface area (Å²) in [6.07, 6.45) is 4.08. The summed E-state index contributed by atoms with van der Waals surface area (Å²) in [5.41, 5.74) is 1.02. The molecule has 6 nitrogen and oxygen atoms in total. The summed E-state index contributed by atoms with van der Waals surface area (Å²) in [5, 5.41) is 8.34. The molecule has 1 N–H and O–H groups in total.